The molecular weight excluding hydrogens is 1010 g/mol. The predicted octanol–water partition coefficient (Wildman–Crippen LogP) is 8.74. The second-order valence-corrected chi connectivity index (χ2v) is 24.3. The predicted molar refractivity (Wildman–Crippen MR) is 291 cm³/mol. The van der Waals surface area contributed by atoms with Crippen molar-refractivity contribution >= 4 is 50.6 Å². The van der Waals surface area contributed by atoms with E-state index >= 15 is 0 Å². The van der Waals surface area contributed by atoms with Crippen molar-refractivity contribution in [3.05, 3.63) is 129 Å². The number of piperazine rings is 1. The van der Waals surface area contributed by atoms with Crippen molar-refractivity contribution in [2.45, 2.75) is 114 Å². The van der Waals surface area contributed by atoms with Gasteiger partial charge in [0.05, 0.1) is 37.2 Å². The number of carbonyl (C=O) groups is 1. The van der Waals surface area contributed by atoms with E-state index in [1.54, 1.807) is 18.3 Å². The standard InChI is InChI=1S/C57H69ClFN9O7S/c1-36(2)42-8-6-7-9-43(42)49-35-66(34-38-16-21-60-52(58)26-38)24-25-68(49)40-30-57(31-40)19-22-67(23-20-57)39-10-11-44(50(27-39)75-51-29-45-46(59)12-13-47(45)63-55(51)74-5)54(69)64-76(72,73)41-28-48(65(4)71)53(62-33-41)61-32-37-14-17-56(3,70)18-15-37/h6-12,16,21,26-29,33,36-37,40,49,65,70H,13-15,17-20,22-25,30-32,34-35H2,1-5H3,(H,61,62)(H,64,69)/t37?,49-,56?/m0/s1. The summed E-state index contributed by atoms with van der Waals surface area (Å²) in [7, 11) is -1.84. The summed E-state index contributed by atoms with van der Waals surface area (Å²) in [6, 6.07) is 21.3. The van der Waals surface area contributed by atoms with Gasteiger partial charge in [-0.25, -0.2) is 32.5 Å². The number of hydroxylamine groups is 1. The minimum absolute atomic E-state index is 0.0156. The van der Waals surface area contributed by atoms with Crippen LogP contribution in [0.15, 0.2) is 90.1 Å². The molecule has 3 aromatic heterocycles. The highest BCUT2D eigenvalue weighted by atomic mass is 35.5. The van der Waals surface area contributed by atoms with Crippen molar-refractivity contribution in [3.8, 4) is 17.4 Å². The fourth-order valence-electron chi connectivity index (χ4n) is 12.1. The van der Waals surface area contributed by atoms with E-state index in [0.29, 0.717) is 42.2 Å². The first-order chi connectivity index (χ1) is 36.4. The Morgan fingerprint density at radius 3 is 2.49 bits per heavy atom. The van der Waals surface area contributed by atoms with Crippen molar-refractivity contribution in [1.29, 1.82) is 0 Å². The molecule has 5 aromatic rings. The highest BCUT2D eigenvalue weighted by Crippen LogP contribution is 2.54. The Hall–Kier alpha value is -5.73. The number of anilines is 2. The number of halogens is 2. The third kappa shape index (κ3) is 11.6. The van der Waals surface area contributed by atoms with Crippen LogP contribution in [0.4, 0.5) is 21.6 Å². The van der Waals surface area contributed by atoms with Gasteiger partial charge < -0.3 is 35.1 Å². The van der Waals surface area contributed by atoms with Crippen LogP contribution < -0.4 is 29.5 Å². The number of sulfonamides is 1. The fraction of sp³-hybridized carbons (Fsp3) is 0.474. The molecule has 16 nitrogen and oxygen atoms in total. The maximum Gasteiger partial charge on any atom is 0.268 e. The van der Waals surface area contributed by atoms with Gasteiger partial charge in [0.1, 0.15) is 21.6 Å². The average Bonchev–Trinajstić information content (AvgIpc) is 3.79. The van der Waals surface area contributed by atoms with Crippen LogP contribution in [-0.4, -0.2) is 109 Å². The van der Waals surface area contributed by atoms with E-state index in [9.17, 15) is 27.9 Å². The summed E-state index contributed by atoms with van der Waals surface area (Å²) in [6.45, 7) is 12.0. The number of methoxy groups -OCH3 is 1. The van der Waals surface area contributed by atoms with Crippen molar-refractivity contribution < 1.29 is 37.2 Å². The second kappa shape index (κ2) is 22.0. The number of rotatable bonds is 16. The second-order valence-electron chi connectivity index (χ2n) is 22.2. The lowest BCUT2D eigenvalue weighted by Gasteiger charge is -2.58. The number of allylic oxidation sites excluding steroid dienone is 1. The SMILES string of the molecule is COc1nc2c(cc1Oc1cc(N3CCC4(CC3)CC(N3CCN(Cc5ccnc(Cl)c5)C[C@H]3c3ccccc3C(C)C)C4)ccc1C(=O)NS(=O)(=O)c1cnc(NCC3CCC(C)(O)CC3)c([NH+](C)[O-])c1)C(F)=CC2. The first-order valence-electron chi connectivity index (χ1n) is 26.6. The molecule has 4 N–H and O–H groups in total. The molecule has 2 saturated carbocycles. The number of fused-ring (bicyclic) bond motifs is 1. The number of aliphatic hydroxyl groups is 1. The topological polar surface area (TPSA) is 190 Å². The summed E-state index contributed by atoms with van der Waals surface area (Å²) in [4.78, 5) is 34.5. The molecule has 0 radical (unpaired) electrons. The molecule has 2 aromatic carbocycles. The zero-order chi connectivity index (χ0) is 53.5. The Balaban J connectivity index is 0.856. The molecular formula is C57H69ClFN9O7S. The van der Waals surface area contributed by atoms with Crippen LogP contribution in [0.3, 0.4) is 0 Å². The maximum absolute atomic E-state index is 15.0. The number of benzene rings is 2. The molecule has 404 valence electrons. The molecule has 5 heterocycles. The van der Waals surface area contributed by atoms with Gasteiger partial charge in [-0.05, 0) is 129 Å². The number of amides is 1. The van der Waals surface area contributed by atoms with Gasteiger partial charge in [-0.15, -0.1) is 0 Å². The summed E-state index contributed by atoms with van der Waals surface area (Å²) in [5, 5.41) is 26.6. The Labute approximate surface area is 450 Å². The van der Waals surface area contributed by atoms with E-state index in [2.05, 4.69) is 77.8 Å². The number of ether oxygens (including phenoxy) is 2. The number of nitrogens with zero attached hydrogens (tertiary/aromatic N) is 6. The molecule has 1 spiro atoms. The van der Waals surface area contributed by atoms with Gasteiger partial charge in [0.25, 0.3) is 21.8 Å². The quantitative estimate of drug-likeness (QED) is 0.0542. The zero-order valence-corrected chi connectivity index (χ0v) is 45.5. The number of nitrogens with one attached hydrogen (secondary N) is 3. The van der Waals surface area contributed by atoms with Crippen LogP contribution in [0.2, 0.25) is 5.15 Å². The van der Waals surface area contributed by atoms with E-state index in [-0.39, 0.29) is 68.7 Å². The van der Waals surface area contributed by atoms with Crippen LogP contribution >= 0.6 is 11.6 Å². The number of hydrogen-bond donors (Lipinski definition) is 4. The molecule has 0 bridgehead atoms. The molecule has 2 saturated heterocycles. The Morgan fingerprint density at radius 2 is 1.76 bits per heavy atom. The highest BCUT2D eigenvalue weighted by Gasteiger charge is 2.50. The minimum Gasteiger partial charge on any atom is -0.629 e. The lowest BCUT2D eigenvalue weighted by atomic mass is 9.59. The van der Waals surface area contributed by atoms with E-state index in [1.165, 1.54) is 49.6 Å². The van der Waals surface area contributed by atoms with Gasteiger partial charge in [-0.3, -0.25) is 14.6 Å². The lowest BCUT2D eigenvalue weighted by Crippen LogP contribution is -2.98. The molecule has 1 amide bonds. The molecule has 3 aliphatic carbocycles. The molecule has 19 heteroatoms. The minimum atomic E-state index is -4.58. The molecule has 2 atom stereocenters. The Kier molecular flexibility index (Phi) is 15.5. The first kappa shape index (κ1) is 53.7. The summed E-state index contributed by atoms with van der Waals surface area (Å²) in [5.41, 5.74) is 4.88. The van der Waals surface area contributed by atoms with E-state index in [4.69, 9.17) is 21.1 Å². The smallest absolute Gasteiger partial charge is 0.268 e. The summed E-state index contributed by atoms with van der Waals surface area (Å²) in [5.74, 6) is -0.434. The Morgan fingerprint density at radius 1 is 1.00 bits per heavy atom. The monoisotopic (exact) mass is 1080 g/mol. The number of piperidine rings is 1. The summed E-state index contributed by atoms with van der Waals surface area (Å²) >= 11 is 6.30. The van der Waals surface area contributed by atoms with Crippen LogP contribution in [-0.2, 0) is 23.0 Å². The maximum atomic E-state index is 15.0. The zero-order valence-electron chi connectivity index (χ0n) is 44.0. The first-order valence-corrected chi connectivity index (χ1v) is 28.4. The van der Waals surface area contributed by atoms with Crippen molar-refractivity contribution in [2.75, 3.05) is 63.6 Å². The van der Waals surface area contributed by atoms with Crippen molar-refractivity contribution in [1.82, 2.24) is 29.5 Å². The number of aromatic nitrogens is 3. The molecule has 4 fully saturated rings. The molecule has 1 unspecified atom stereocenters. The van der Waals surface area contributed by atoms with E-state index in [1.807, 2.05) is 19.1 Å². The normalized spacial score (nSPS) is 22.4. The number of carbonyl (C=O) groups excluding carboxylic acids is 1. The third-order valence-electron chi connectivity index (χ3n) is 16.6. The van der Waals surface area contributed by atoms with Gasteiger partial charge in [-0.2, -0.15) is 0 Å². The van der Waals surface area contributed by atoms with Crippen LogP contribution in [0, 0.1) is 16.5 Å². The van der Waals surface area contributed by atoms with Gasteiger partial charge in [0.2, 0.25) is 0 Å². The number of hydrogen-bond acceptors (Lipinski definition) is 14. The molecule has 2 aliphatic heterocycles. The van der Waals surface area contributed by atoms with Crippen molar-refractivity contribution in [3.63, 3.8) is 0 Å². The molecule has 76 heavy (non-hydrogen) atoms. The summed E-state index contributed by atoms with van der Waals surface area (Å²) in [6.07, 6.45) is 11.7. The fourth-order valence-corrected chi connectivity index (χ4v) is 13.3. The van der Waals surface area contributed by atoms with E-state index in [0.717, 1.165) is 95.2 Å². The summed E-state index contributed by atoms with van der Waals surface area (Å²) < 4.78 is 57.2. The Bertz CT molecular complexity index is 3100. The lowest BCUT2D eigenvalue weighted by molar-refractivity contribution is -0.751. The number of pyridine rings is 3. The average molecular weight is 1080 g/mol. The highest BCUT2D eigenvalue weighted by molar-refractivity contribution is 7.90. The van der Waals surface area contributed by atoms with E-state index < -0.39 is 32.4 Å². The van der Waals surface area contributed by atoms with Gasteiger partial charge in [0, 0.05) is 93.9 Å². The molecule has 5 aliphatic rings. The largest absolute Gasteiger partial charge is 0.629 e. The third-order valence-corrected chi connectivity index (χ3v) is 18.1. The van der Waals surface area contributed by atoms with Gasteiger partial charge in [-0.1, -0.05) is 49.7 Å². The van der Waals surface area contributed by atoms with Crippen molar-refractivity contribution in [2.24, 2.45) is 11.3 Å². The van der Waals surface area contributed by atoms with Crippen LogP contribution in [0.5, 0.6) is 17.4 Å². The van der Waals surface area contributed by atoms with Crippen LogP contribution in [0.25, 0.3) is 5.83 Å². The van der Waals surface area contributed by atoms with Gasteiger partial charge in [0.15, 0.2) is 17.3 Å². The van der Waals surface area contributed by atoms with Gasteiger partial charge >= 0.3 is 0 Å². The van der Waals surface area contributed by atoms with Crippen LogP contribution in [0.1, 0.15) is 122 Å². The number of quaternary nitrogens is 1. The molecule has 10 rings (SSSR count).